The molecule has 0 fully saturated rings. The van der Waals surface area contributed by atoms with E-state index in [2.05, 4.69) is 17.9 Å². The van der Waals surface area contributed by atoms with Crippen molar-refractivity contribution in [1.29, 1.82) is 0 Å². The minimum absolute atomic E-state index is 0.0940. The van der Waals surface area contributed by atoms with Gasteiger partial charge in [0.05, 0.1) is 16.0 Å². The molecule has 0 bridgehead atoms. The second kappa shape index (κ2) is 4.66. The third kappa shape index (κ3) is 2.62. The molecule has 0 aliphatic heterocycles. The van der Waals surface area contributed by atoms with Gasteiger partial charge < -0.3 is 5.32 Å². The Bertz CT molecular complexity index is 336. The van der Waals surface area contributed by atoms with Crippen LogP contribution < -0.4 is 5.32 Å². The average Bonchev–Trinajstić information content (AvgIpc) is 2.01. The molecule has 0 aliphatic carbocycles. The molecule has 1 atom stereocenters. The Balaban J connectivity index is 3.00. The quantitative estimate of drug-likeness (QED) is 0.597. The molecule has 0 saturated heterocycles. The number of carbonyl (C=O) groups is 1. The lowest BCUT2D eigenvalue weighted by atomic mass is 10.2. The van der Waals surface area contributed by atoms with Crippen molar-refractivity contribution in [3.05, 3.63) is 34.6 Å². The highest BCUT2D eigenvalue weighted by atomic mass is 35.5. The molecule has 0 heterocycles. The van der Waals surface area contributed by atoms with Crippen molar-refractivity contribution < 1.29 is 9.18 Å². The summed E-state index contributed by atoms with van der Waals surface area (Å²) in [6.45, 7) is 1.66. The molecule has 1 aromatic carbocycles. The molecule has 1 amide bonds. The molecule has 0 spiro atoms. The zero-order chi connectivity index (χ0) is 10.7. The molecule has 14 heavy (non-hydrogen) atoms. The number of nitrogens with one attached hydrogen (secondary N) is 1. The van der Waals surface area contributed by atoms with Crippen molar-refractivity contribution in [1.82, 2.24) is 5.32 Å². The van der Waals surface area contributed by atoms with Crippen LogP contribution in [-0.4, -0.2) is 11.3 Å². The van der Waals surface area contributed by atoms with E-state index in [1.54, 1.807) is 6.92 Å². The number of hydrogen-bond acceptors (Lipinski definition) is 2. The summed E-state index contributed by atoms with van der Waals surface area (Å²) in [6.07, 6.45) is 0. The lowest BCUT2D eigenvalue weighted by molar-refractivity contribution is 0.0948. The van der Waals surface area contributed by atoms with Gasteiger partial charge in [-0.2, -0.15) is 12.6 Å². The molecular formula is C9H9ClFNOS. The summed E-state index contributed by atoms with van der Waals surface area (Å²) < 4.78 is 13.2. The number of rotatable bonds is 2. The van der Waals surface area contributed by atoms with Gasteiger partial charge in [0.2, 0.25) is 0 Å². The Hall–Kier alpha value is -0.740. The number of benzene rings is 1. The monoisotopic (exact) mass is 233 g/mol. The maximum absolute atomic E-state index is 13.2. The smallest absolute Gasteiger partial charge is 0.256 e. The Labute approximate surface area is 91.9 Å². The number of thiol groups is 1. The zero-order valence-corrected chi connectivity index (χ0v) is 9.07. The van der Waals surface area contributed by atoms with Gasteiger partial charge >= 0.3 is 0 Å². The zero-order valence-electron chi connectivity index (χ0n) is 7.42. The topological polar surface area (TPSA) is 29.1 Å². The van der Waals surface area contributed by atoms with Crippen molar-refractivity contribution in [2.24, 2.45) is 0 Å². The molecule has 0 aromatic heterocycles. The van der Waals surface area contributed by atoms with Crippen molar-refractivity contribution >= 4 is 30.1 Å². The van der Waals surface area contributed by atoms with Crippen LogP contribution in [0.15, 0.2) is 18.2 Å². The third-order valence-electron chi connectivity index (χ3n) is 1.53. The predicted octanol–water partition coefficient (Wildman–Crippen LogP) is 2.48. The summed E-state index contributed by atoms with van der Waals surface area (Å²) in [6, 6.07) is 4.09. The summed E-state index contributed by atoms with van der Waals surface area (Å²) in [5, 5.41) is 2.19. The minimum atomic E-state index is -0.635. The Morgan fingerprint density at radius 1 is 1.64 bits per heavy atom. The Morgan fingerprint density at radius 3 is 2.79 bits per heavy atom. The highest BCUT2D eigenvalue weighted by Gasteiger charge is 2.15. The van der Waals surface area contributed by atoms with Gasteiger partial charge in [-0.05, 0) is 19.1 Å². The number of hydrogen-bond donors (Lipinski definition) is 2. The average molecular weight is 234 g/mol. The Kier molecular flexibility index (Phi) is 3.77. The van der Waals surface area contributed by atoms with E-state index in [0.717, 1.165) is 0 Å². The first-order valence-corrected chi connectivity index (χ1v) is 4.84. The van der Waals surface area contributed by atoms with Gasteiger partial charge in [-0.15, -0.1) is 0 Å². The molecule has 1 rings (SSSR count). The number of halogens is 2. The molecule has 5 heteroatoms. The van der Waals surface area contributed by atoms with Gasteiger partial charge in [0, 0.05) is 0 Å². The highest BCUT2D eigenvalue weighted by molar-refractivity contribution is 7.80. The predicted molar refractivity (Wildman–Crippen MR) is 57.3 cm³/mol. The van der Waals surface area contributed by atoms with Crippen molar-refractivity contribution in [2.45, 2.75) is 12.3 Å². The van der Waals surface area contributed by atoms with Crippen LogP contribution in [0, 0.1) is 5.82 Å². The molecular weight excluding hydrogens is 225 g/mol. The fourth-order valence-electron chi connectivity index (χ4n) is 0.977. The molecule has 76 valence electrons. The maximum atomic E-state index is 13.2. The molecule has 0 aliphatic rings. The first kappa shape index (κ1) is 11.3. The largest absolute Gasteiger partial charge is 0.341 e. The first-order chi connectivity index (χ1) is 6.52. The van der Waals surface area contributed by atoms with Crippen LogP contribution in [-0.2, 0) is 0 Å². The second-order valence-corrected chi connectivity index (χ2v) is 3.93. The fourth-order valence-corrected chi connectivity index (χ4v) is 1.34. The molecule has 1 N–H and O–H groups in total. The van der Waals surface area contributed by atoms with Crippen LogP contribution in [0.25, 0.3) is 0 Å². The van der Waals surface area contributed by atoms with E-state index in [9.17, 15) is 9.18 Å². The van der Waals surface area contributed by atoms with E-state index in [-0.39, 0.29) is 16.0 Å². The summed E-state index contributed by atoms with van der Waals surface area (Å²) in [5.41, 5.74) is -0.143. The highest BCUT2D eigenvalue weighted by Crippen LogP contribution is 2.18. The van der Waals surface area contributed by atoms with Crippen LogP contribution in [0.3, 0.4) is 0 Å². The standard InChI is InChI=1S/C9H9ClFNOS/c1-5(14)12-9(13)8-6(10)3-2-4-7(8)11/h2-5,14H,1H3,(H,12,13). The van der Waals surface area contributed by atoms with E-state index in [1.807, 2.05) is 0 Å². The molecule has 0 radical (unpaired) electrons. The van der Waals surface area contributed by atoms with Gasteiger partial charge in [0.15, 0.2) is 0 Å². The normalized spacial score (nSPS) is 12.3. The van der Waals surface area contributed by atoms with Crippen LogP contribution in [0.5, 0.6) is 0 Å². The van der Waals surface area contributed by atoms with E-state index in [0.29, 0.717) is 0 Å². The first-order valence-electron chi connectivity index (χ1n) is 3.95. The SMILES string of the molecule is CC(S)NC(=O)c1c(F)cccc1Cl. The maximum Gasteiger partial charge on any atom is 0.256 e. The number of amides is 1. The van der Waals surface area contributed by atoms with Gasteiger partial charge in [0.1, 0.15) is 5.82 Å². The van der Waals surface area contributed by atoms with Crippen molar-refractivity contribution in [3.8, 4) is 0 Å². The minimum Gasteiger partial charge on any atom is -0.341 e. The van der Waals surface area contributed by atoms with E-state index >= 15 is 0 Å². The van der Waals surface area contributed by atoms with Crippen LogP contribution in [0.2, 0.25) is 5.02 Å². The summed E-state index contributed by atoms with van der Waals surface area (Å²) in [7, 11) is 0. The Morgan fingerprint density at radius 2 is 2.29 bits per heavy atom. The summed E-state index contributed by atoms with van der Waals surface area (Å²) in [4.78, 5) is 11.4. The second-order valence-electron chi connectivity index (χ2n) is 2.75. The van der Waals surface area contributed by atoms with E-state index in [1.165, 1.54) is 18.2 Å². The molecule has 1 unspecified atom stereocenters. The summed E-state index contributed by atoms with van der Waals surface area (Å²) in [5.74, 6) is -1.19. The van der Waals surface area contributed by atoms with Crippen LogP contribution in [0.1, 0.15) is 17.3 Å². The van der Waals surface area contributed by atoms with Crippen LogP contribution >= 0.6 is 24.2 Å². The third-order valence-corrected chi connectivity index (χ3v) is 1.97. The lowest BCUT2D eigenvalue weighted by Gasteiger charge is -2.09. The summed E-state index contributed by atoms with van der Waals surface area (Å²) >= 11 is 9.64. The number of carbonyl (C=O) groups excluding carboxylic acids is 1. The fraction of sp³-hybridized carbons (Fsp3) is 0.222. The van der Waals surface area contributed by atoms with Crippen molar-refractivity contribution in [2.75, 3.05) is 0 Å². The molecule has 2 nitrogen and oxygen atoms in total. The van der Waals surface area contributed by atoms with Crippen molar-refractivity contribution in [3.63, 3.8) is 0 Å². The molecule has 0 saturated carbocycles. The van der Waals surface area contributed by atoms with Gasteiger partial charge in [-0.25, -0.2) is 4.39 Å². The van der Waals surface area contributed by atoms with Gasteiger partial charge in [-0.3, -0.25) is 4.79 Å². The van der Waals surface area contributed by atoms with E-state index in [4.69, 9.17) is 11.6 Å². The van der Waals surface area contributed by atoms with Gasteiger partial charge in [0.25, 0.3) is 5.91 Å². The van der Waals surface area contributed by atoms with Crippen LogP contribution in [0.4, 0.5) is 4.39 Å². The van der Waals surface area contributed by atoms with Gasteiger partial charge in [-0.1, -0.05) is 17.7 Å². The van der Waals surface area contributed by atoms with E-state index < -0.39 is 11.7 Å². The lowest BCUT2D eigenvalue weighted by Crippen LogP contribution is -2.29. The molecule has 1 aromatic rings.